The van der Waals surface area contributed by atoms with E-state index in [1.807, 2.05) is 6.92 Å². The maximum Gasteiger partial charge on any atom is 0.319 e. The number of aromatic nitrogens is 2. The maximum absolute atomic E-state index is 14.7. The molecule has 0 radical (unpaired) electrons. The van der Waals surface area contributed by atoms with Crippen LogP contribution in [-0.2, 0) is 9.48 Å². The minimum Gasteiger partial charge on any atom is -0.395 e. The summed E-state index contributed by atoms with van der Waals surface area (Å²) in [4.78, 5) is 23.2. The SMILES string of the molecule is C[C@H]1COCCN1c1cc(C2(S(O)(O)c3ccc(F)cc3F)CC2)nc(-c2ccc(NC(=O)NCCO)cc2)n1. The Morgan fingerprint density at radius 2 is 1.90 bits per heavy atom. The lowest BCUT2D eigenvalue weighted by atomic mass is 10.1. The molecule has 5 N–H and O–H groups in total. The van der Waals surface area contributed by atoms with Gasteiger partial charge in [0.1, 0.15) is 22.2 Å². The van der Waals surface area contributed by atoms with Crippen LogP contribution >= 0.6 is 10.6 Å². The van der Waals surface area contributed by atoms with Crippen LogP contribution in [0.4, 0.5) is 25.1 Å². The zero-order chi connectivity index (χ0) is 28.5. The number of nitrogens with one attached hydrogen (secondary N) is 2. The summed E-state index contributed by atoms with van der Waals surface area (Å²) >= 11 is 0. The Morgan fingerprint density at radius 3 is 2.55 bits per heavy atom. The molecule has 1 aromatic heterocycles. The molecular formula is C27H31F2N5O5S. The Hall–Kier alpha value is -3.36. The topological polar surface area (TPSA) is 140 Å². The van der Waals surface area contributed by atoms with Crippen LogP contribution in [0, 0.1) is 11.6 Å². The number of hydrogen-bond donors (Lipinski definition) is 5. The van der Waals surface area contributed by atoms with Crippen LogP contribution in [0.15, 0.2) is 53.4 Å². The molecule has 3 aromatic rings. The molecule has 2 fully saturated rings. The van der Waals surface area contributed by atoms with Gasteiger partial charge < -0.3 is 25.4 Å². The second kappa shape index (κ2) is 11.3. The van der Waals surface area contributed by atoms with Crippen molar-refractivity contribution >= 4 is 28.1 Å². The molecule has 40 heavy (non-hydrogen) atoms. The van der Waals surface area contributed by atoms with Crippen LogP contribution in [0.5, 0.6) is 0 Å². The average Bonchev–Trinajstić information content (AvgIpc) is 3.75. The monoisotopic (exact) mass is 575 g/mol. The predicted octanol–water partition coefficient (Wildman–Crippen LogP) is 4.56. The fourth-order valence-corrected chi connectivity index (χ4v) is 6.85. The number of carbonyl (C=O) groups excluding carboxylic acids is 1. The highest BCUT2D eigenvalue weighted by Gasteiger charge is 2.58. The number of carbonyl (C=O) groups is 1. The fraction of sp³-hybridized carbons (Fsp3) is 0.370. The minimum atomic E-state index is -3.76. The Balaban J connectivity index is 1.54. The summed E-state index contributed by atoms with van der Waals surface area (Å²) in [6, 6.07) is 10.8. The van der Waals surface area contributed by atoms with E-state index >= 15 is 0 Å². The van der Waals surface area contributed by atoms with Crippen LogP contribution in [0.2, 0.25) is 0 Å². The van der Waals surface area contributed by atoms with Gasteiger partial charge in [-0.3, -0.25) is 9.11 Å². The van der Waals surface area contributed by atoms with Crippen molar-refractivity contribution in [3.8, 4) is 11.4 Å². The highest BCUT2D eigenvalue weighted by Crippen LogP contribution is 2.75. The van der Waals surface area contributed by atoms with Gasteiger partial charge in [0, 0.05) is 36.5 Å². The van der Waals surface area contributed by atoms with Crippen molar-refractivity contribution in [2.45, 2.75) is 35.4 Å². The molecule has 214 valence electrons. The van der Waals surface area contributed by atoms with Crippen molar-refractivity contribution in [2.24, 2.45) is 0 Å². The summed E-state index contributed by atoms with van der Waals surface area (Å²) in [5.74, 6) is -0.933. The summed E-state index contributed by atoms with van der Waals surface area (Å²) in [6.07, 6.45) is 0.707. The molecule has 2 amide bonds. The first-order valence-corrected chi connectivity index (χ1v) is 14.4. The van der Waals surface area contributed by atoms with Crippen LogP contribution < -0.4 is 15.5 Å². The van der Waals surface area contributed by atoms with E-state index in [0.29, 0.717) is 67.3 Å². The van der Waals surface area contributed by atoms with Gasteiger partial charge in [0.05, 0.1) is 36.5 Å². The van der Waals surface area contributed by atoms with E-state index in [1.54, 1.807) is 30.3 Å². The number of benzene rings is 2. The van der Waals surface area contributed by atoms with E-state index in [1.165, 1.54) is 0 Å². The maximum atomic E-state index is 14.7. The zero-order valence-corrected chi connectivity index (χ0v) is 22.6. The van der Waals surface area contributed by atoms with E-state index < -0.39 is 33.0 Å². The van der Waals surface area contributed by atoms with Gasteiger partial charge in [-0.05, 0) is 56.2 Å². The normalized spacial score (nSPS) is 18.8. The summed E-state index contributed by atoms with van der Waals surface area (Å²) < 4.78 is 55.5. The van der Waals surface area contributed by atoms with E-state index in [-0.39, 0.29) is 24.1 Å². The zero-order valence-electron chi connectivity index (χ0n) is 21.8. The summed E-state index contributed by atoms with van der Waals surface area (Å²) in [7, 11) is -3.76. The van der Waals surface area contributed by atoms with Crippen molar-refractivity contribution in [1.29, 1.82) is 0 Å². The van der Waals surface area contributed by atoms with Crippen LogP contribution in [0.25, 0.3) is 11.4 Å². The number of urea groups is 1. The second-order valence-electron chi connectivity index (χ2n) is 9.85. The van der Waals surface area contributed by atoms with E-state index in [2.05, 4.69) is 15.5 Å². The third-order valence-electron chi connectivity index (χ3n) is 7.09. The Kier molecular flexibility index (Phi) is 7.93. The third-order valence-corrected chi connectivity index (χ3v) is 9.74. The number of amides is 2. The van der Waals surface area contributed by atoms with Gasteiger partial charge >= 0.3 is 6.03 Å². The lowest BCUT2D eigenvalue weighted by molar-refractivity contribution is 0.0985. The predicted molar refractivity (Wildman–Crippen MR) is 148 cm³/mol. The van der Waals surface area contributed by atoms with Crippen molar-refractivity contribution in [3.63, 3.8) is 0 Å². The Morgan fingerprint density at radius 1 is 1.15 bits per heavy atom. The molecule has 13 heteroatoms. The average molecular weight is 576 g/mol. The second-order valence-corrected chi connectivity index (χ2v) is 12.2. The van der Waals surface area contributed by atoms with Crippen molar-refractivity contribution < 1.29 is 32.5 Å². The molecule has 1 aliphatic heterocycles. The van der Waals surface area contributed by atoms with Crippen molar-refractivity contribution in [3.05, 3.63) is 65.9 Å². The molecule has 10 nitrogen and oxygen atoms in total. The number of ether oxygens (including phenoxy) is 1. The smallest absolute Gasteiger partial charge is 0.319 e. The van der Waals surface area contributed by atoms with E-state index in [0.717, 1.165) is 12.1 Å². The number of nitrogens with zero attached hydrogens (tertiary/aromatic N) is 3. The lowest BCUT2D eigenvalue weighted by Gasteiger charge is -2.41. The number of anilines is 2. The fourth-order valence-electron chi connectivity index (χ4n) is 4.78. The summed E-state index contributed by atoms with van der Waals surface area (Å²) in [5, 5.41) is 14.0. The minimum absolute atomic E-state index is 0.00147. The third kappa shape index (κ3) is 5.47. The van der Waals surface area contributed by atoms with Gasteiger partial charge in [-0.1, -0.05) is 0 Å². The Labute approximate surface area is 231 Å². The number of hydrogen-bond acceptors (Lipinski definition) is 8. The van der Waals surface area contributed by atoms with Crippen LogP contribution in [-0.4, -0.2) is 69.2 Å². The van der Waals surface area contributed by atoms with Crippen LogP contribution in [0.3, 0.4) is 0 Å². The van der Waals surface area contributed by atoms with Gasteiger partial charge in [-0.25, -0.2) is 23.5 Å². The molecule has 0 spiro atoms. The van der Waals surface area contributed by atoms with Gasteiger partial charge in [0.25, 0.3) is 0 Å². The summed E-state index contributed by atoms with van der Waals surface area (Å²) in [5.41, 5.74) is 1.49. The van der Waals surface area contributed by atoms with Crippen molar-refractivity contribution in [2.75, 3.05) is 43.1 Å². The summed E-state index contributed by atoms with van der Waals surface area (Å²) in [6.45, 7) is 3.50. The van der Waals surface area contributed by atoms with Crippen LogP contribution in [0.1, 0.15) is 25.5 Å². The highest BCUT2D eigenvalue weighted by molar-refractivity contribution is 8.25. The largest absolute Gasteiger partial charge is 0.395 e. The molecule has 2 aromatic carbocycles. The molecule has 1 saturated carbocycles. The molecule has 5 rings (SSSR count). The number of rotatable bonds is 8. The lowest BCUT2D eigenvalue weighted by Crippen LogP contribution is -2.44. The first kappa shape index (κ1) is 28.2. The molecule has 1 atom stereocenters. The van der Waals surface area contributed by atoms with E-state index in [9.17, 15) is 22.7 Å². The standard InChI is InChI=1S/C27H31F2N5O5S/c1-17-16-39-13-11-34(17)24-15-23(27(8-9-27)40(37,38)22-7-4-19(28)14-21(22)29)32-25(33-24)18-2-5-20(6-3-18)31-26(36)30-10-12-35/h2-7,14-15,17,35,37-38H,8-13,16H2,1H3,(H2,30,31,36)/t17-/m0/s1. The quantitative estimate of drug-likeness (QED) is 0.263. The highest BCUT2D eigenvalue weighted by atomic mass is 32.3. The molecule has 2 aliphatic rings. The number of aliphatic hydroxyl groups excluding tert-OH is 1. The van der Waals surface area contributed by atoms with Crippen molar-refractivity contribution in [1.82, 2.24) is 15.3 Å². The van der Waals surface area contributed by atoms with E-state index in [4.69, 9.17) is 19.8 Å². The molecular weight excluding hydrogens is 544 g/mol. The van der Waals surface area contributed by atoms with Gasteiger partial charge in [-0.2, -0.15) is 10.6 Å². The van der Waals surface area contributed by atoms with Gasteiger partial charge in [0.2, 0.25) is 0 Å². The number of aliphatic hydroxyl groups is 1. The first-order valence-electron chi connectivity index (χ1n) is 12.9. The van der Waals surface area contributed by atoms with Gasteiger partial charge in [0.15, 0.2) is 5.82 Å². The molecule has 0 bridgehead atoms. The number of halogens is 2. The van der Waals surface area contributed by atoms with Gasteiger partial charge in [-0.15, -0.1) is 0 Å². The molecule has 0 unspecified atom stereocenters. The first-order chi connectivity index (χ1) is 19.1. The molecule has 1 saturated heterocycles. The number of morpholine rings is 1. The molecule has 2 heterocycles. The Bertz CT molecular complexity index is 1390. The molecule has 1 aliphatic carbocycles.